The zero-order valence-electron chi connectivity index (χ0n) is 18.4. The molecular weight excluding hydrogens is 558 g/mol. The van der Waals surface area contributed by atoms with Gasteiger partial charge in [0.05, 0.1) is 23.1 Å². The van der Waals surface area contributed by atoms with E-state index in [1.165, 1.54) is 17.8 Å². The van der Waals surface area contributed by atoms with Gasteiger partial charge >= 0.3 is 0 Å². The molecule has 0 saturated heterocycles. The van der Waals surface area contributed by atoms with Crippen molar-refractivity contribution < 1.29 is 42.1 Å². The minimum atomic E-state index is -4.15. The Balaban J connectivity index is 0.000000388. The van der Waals surface area contributed by atoms with Crippen LogP contribution in [0.4, 0.5) is 5.69 Å². The van der Waals surface area contributed by atoms with E-state index < -0.39 is 49.9 Å². The molecule has 0 radical (unpaired) electrons. The second-order valence-electron chi connectivity index (χ2n) is 7.30. The summed E-state index contributed by atoms with van der Waals surface area (Å²) in [5.41, 5.74) is 1.19. The number of hydrogen-bond donors (Lipinski definition) is 6. The van der Waals surface area contributed by atoms with E-state index in [0.29, 0.717) is 11.5 Å². The number of primary sulfonamides is 1. The lowest BCUT2D eigenvalue weighted by atomic mass is 10.1. The third kappa shape index (κ3) is 8.22. The Morgan fingerprint density at radius 2 is 1.78 bits per heavy atom. The van der Waals surface area contributed by atoms with Crippen LogP contribution in [0.15, 0.2) is 57.2 Å². The van der Waals surface area contributed by atoms with Crippen molar-refractivity contribution >= 4 is 61.2 Å². The first-order chi connectivity index (χ1) is 16.8. The number of thioether (sulfide) groups is 1. The topological polar surface area (TPSA) is 217 Å². The van der Waals surface area contributed by atoms with Crippen molar-refractivity contribution in [1.82, 2.24) is 4.72 Å². The molecule has 0 aromatic heterocycles. The lowest BCUT2D eigenvalue weighted by molar-refractivity contribution is -0.127. The Bertz CT molecular complexity index is 1310. The van der Waals surface area contributed by atoms with Crippen molar-refractivity contribution in [2.45, 2.75) is 33.9 Å². The largest absolute Gasteiger partial charge is 0.394 e. The number of amidine groups is 1. The van der Waals surface area contributed by atoms with E-state index in [-0.39, 0.29) is 27.7 Å². The lowest BCUT2D eigenvalue weighted by Gasteiger charge is -2.19. The van der Waals surface area contributed by atoms with Crippen LogP contribution in [0.5, 0.6) is 0 Å². The predicted octanol–water partition coefficient (Wildman–Crippen LogP) is -0.497. The second kappa shape index (κ2) is 12.9. The van der Waals surface area contributed by atoms with Gasteiger partial charge < -0.3 is 25.2 Å². The van der Waals surface area contributed by atoms with Crippen molar-refractivity contribution in [2.75, 3.05) is 12.4 Å². The first kappa shape index (κ1) is 30.1. The van der Waals surface area contributed by atoms with Crippen LogP contribution >= 0.6 is 23.4 Å². The third-order valence-corrected chi connectivity index (χ3v) is 8.34. The van der Waals surface area contributed by atoms with Crippen LogP contribution in [0.2, 0.25) is 5.02 Å². The number of nitrogens with one attached hydrogen (secondary N) is 1. The molecule has 0 saturated carbocycles. The highest BCUT2D eigenvalue weighted by molar-refractivity contribution is 7.99. The fourth-order valence-electron chi connectivity index (χ4n) is 2.74. The van der Waals surface area contributed by atoms with Crippen LogP contribution in [-0.2, 0) is 30.6 Å². The number of fused-ring (bicyclic) bond motifs is 1. The summed E-state index contributed by atoms with van der Waals surface area (Å²) in [6.45, 7) is -0.688. The maximum Gasteiger partial charge on any atom is 0.265 e. The van der Waals surface area contributed by atoms with Gasteiger partial charge in [-0.05, 0) is 17.7 Å². The number of sulfonamides is 2. The first-order valence-electron chi connectivity index (χ1n) is 9.99. The molecular formula is C20H24ClN3O9S3. The highest BCUT2D eigenvalue weighted by Crippen LogP contribution is 2.35. The molecule has 0 aliphatic carbocycles. The highest BCUT2D eigenvalue weighted by atomic mass is 35.5. The fraction of sp³-hybridized carbons (Fsp3) is 0.300. The van der Waals surface area contributed by atoms with Gasteiger partial charge in [0.15, 0.2) is 6.29 Å². The molecule has 2 aromatic carbocycles. The molecule has 7 N–H and O–H groups in total. The van der Waals surface area contributed by atoms with Gasteiger partial charge in [0, 0.05) is 5.75 Å². The normalized spacial score (nSPS) is 16.8. The molecule has 3 atom stereocenters. The maximum atomic E-state index is 12.4. The quantitative estimate of drug-likeness (QED) is 0.209. The molecule has 198 valence electrons. The van der Waals surface area contributed by atoms with Gasteiger partial charge in [-0.1, -0.05) is 41.9 Å². The molecule has 12 nitrogen and oxygen atoms in total. The Hall–Kier alpha value is -2.08. The molecule has 0 amide bonds. The monoisotopic (exact) mass is 581 g/mol. The van der Waals surface area contributed by atoms with Crippen LogP contribution in [0.1, 0.15) is 5.56 Å². The molecule has 0 unspecified atom stereocenters. The fourth-order valence-corrected chi connectivity index (χ4v) is 6.05. The highest BCUT2D eigenvalue weighted by Gasteiger charge is 2.29. The molecule has 1 aliphatic rings. The number of nitrogens with two attached hydrogens (primary N) is 1. The molecule has 0 fully saturated rings. The van der Waals surface area contributed by atoms with Crippen molar-refractivity contribution in [1.29, 1.82) is 0 Å². The van der Waals surface area contributed by atoms with Gasteiger partial charge in [0.2, 0.25) is 10.0 Å². The molecule has 1 aliphatic heterocycles. The van der Waals surface area contributed by atoms with Crippen LogP contribution in [0, 0.1) is 0 Å². The van der Waals surface area contributed by atoms with Gasteiger partial charge in [-0.15, -0.1) is 11.8 Å². The minimum absolute atomic E-state index is 0.0801. The van der Waals surface area contributed by atoms with Crippen LogP contribution < -0.4 is 9.86 Å². The Morgan fingerprint density at radius 1 is 1.14 bits per heavy atom. The number of benzene rings is 2. The summed E-state index contributed by atoms with van der Waals surface area (Å²) in [7, 11) is -8.11. The van der Waals surface area contributed by atoms with E-state index in [2.05, 4.69) is 9.71 Å². The number of rotatable bonds is 9. The van der Waals surface area contributed by atoms with Gasteiger partial charge in [0.25, 0.3) is 10.0 Å². The number of aliphatic hydroxyl groups excluding tert-OH is 4. The number of carbonyl (C=O) groups excluding carboxylic acids is 1. The van der Waals surface area contributed by atoms with E-state index in [1.807, 2.05) is 30.3 Å². The molecule has 3 rings (SSSR count). The van der Waals surface area contributed by atoms with E-state index >= 15 is 0 Å². The maximum absolute atomic E-state index is 12.4. The number of halogens is 1. The number of hydrogen-bond acceptors (Lipinski definition) is 11. The number of carbonyl (C=O) groups is 1. The second-order valence-corrected chi connectivity index (χ2v) is 11.9. The average Bonchev–Trinajstić information content (AvgIpc) is 2.82. The molecule has 0 spiro atoms. The van der Waals surface area contributed by atoms with Gasteiger partial charge in [-0.2, -0.15) is 0 Å². The summed E-state index contributed by atoms with van der Waals surface area (Å²) in [5, 5.41) is 38.9. The smallest absolute Gasteiger partial charge is 0.265 e. The Morgan fingerprint density at radius 3 is 2.33 bits per heavy atom. The van der Waals surface area contributed by atoms with Crippen molar-refractivity contribution in [3.63, 3.8) is 0 Å². The van der Waals surface area contributed by atoms with Gasteiger partial charge in [-0.3, -0.25) is 4.72 Å². The molecule has 16 heteroatoms. The summed E-state index contributed by atoms with van der Waals surface area (Å²) < 4.78 is 50.3. The number of aliphatic imine (C=N–C) groups is 1. The lowest BCUT2D eigenvalue weighted by Crippen LogP contribution is -2.40. The van der Waals surface area contributed by atoms with E-state index in [1.54, 1.807) is 0 Å². The van der Waals surface area contributed by atoms with E-state index in [4.69, 9.17) is 37.2 Å². The minimum Gasteiger partial charge on any atom is -0.394 e. The molecule has 36 heavy (non-hydrogen) atoms. The number of aldehydes is 1. The average molecular weight is 582 g/mol. The zero-order chi connectivity index (χ0) is 27.1. The van der Waals surface area contributed by atoms with E-state index in [9.17, 15) is 21.6 Å². The summed E-state index contributed by atoms with van der Waals surface area (Å²) in [6, 6.07) is 11.8. The van der Waals surface area contributed by atoms with Crippen LogP contribution in [-0.4, -0.2) is 80.1 Å². The molecule has 0 bridgehead atoms. The Kier molecular flexibility index (Phi) is 10.8. The SMILES string of the molecule is NS(=O)(=O)c1cc2c(cc1Cl)N=C(CSCc1ccccc1)NS2(=O)=O.O=C[C@@H](O)[C@H](O)[C@H](O)CO. The van der Waals surface area contributed by atoms with Crippen molar-refractivity contribution in [2.24, 2.45) is 10.1 Å². The number of nitrogens with zero attached hydrogens (tertiary/aromatic N) is 1. The van der Waals surface area contributed by atoms with E-state index in [0.717, 1.165) is 11.6 Å². The van der Waals surface area contributed by atoms with Gasteiger partial charge in [-0.25, -0.2) is 27.0 Å². The summed E-state index contributed by atoms with van der Waals surface area (Å²) in [6.07, 6.45) is -4.63. The summed E-state index contributed by atoms with van der Waals surface area (Å²) in [4.78, 5) is 13.3. The molecule has 1 heterocycles. The van der Waals surface area contributed by atoms with Gasteiger partial charge in [0.1, 0.15) is 33.9 Å². The zero-order valence-corrected chi connectivity index (χ0v) is 21.6. The first-order valence-corrected chi connectivity index (χ1v) is 14.5. The van der Waals surface area contributed by atoms with Crippen molar-refractivity contribution in [3.8, 4) is 0 Å². The van der Waals surface area contributed by atoms with Crippen LogP contribution in [0.3, 0.4) is 0 Å². The Labute approximate surface area is 216 Å². The number of aliphatic hydroxyl groups is 4. The predicted molar refractivity (Wildman–Crippen MR) is 134 cm³/mol. The molecule has 2 aromatic rings. The van der Waals surface area contributed by atoms with Crippen LogP contribution in [0.25, 0.3) is 0 Å². The standard InChI is InChI=1S/C15H14ClN3O4S3.C5H10O5/c16-11-6-12-14(7-13(11)25(17,20)21)26(22,23)19-15(18-12)9-24-8-10-4-2-1-3-5-10;6-1-3(8)5(10)4(9)2-7/h1-7H,8-9H2,(H,18,19)(H2,17,20,21);1,3-5,7-10H,2H2/t;3-,4-,5+/m.1/s1. The van der Waals surface area contributed by atoms with Crippen molar-refractivity contribution in [3.05, 3.63) is 53.1 Å². The summed E-state index contributed by atoms with van der Waals surface area (Å²) >= 11 is 7.42. The summed E-state index contributed by atoms with van der Waals surface area (Å²) in [5.74, 6) is 1.28. The third-order valence-electron chi connectivity index (χ3n) is 4.54.